The van der Waals surface area contributed by atoms with Gasteiger partial charge in [0.25, 0.3) is 0 Å². The van der Waals surface area contributed by atoms with Gasteiger partial charge in [0.05, 0.1) is 32.7 Å². The molecule has 8 nitrogen and oxygen atoms in total. The number of ether oxygens (including phenoxy) is 3. The first-order valence-corrected chi connectivity index (χ1v) is 8.15. The molecule has 0 fully saturated rings. The highest BCUT2D eigenvalue weighted by molar-refractivity contribution is 5.79. The highest BCUT2D eigenvalue weighted by Crippen LogP contribution is 2.29. The Morgan fingerprint density at radius 2 is 1.56 bits per heavy atom. The number of benzene rings is 2. The Balaban J connectivity index is 2.09. The van der Waals surface area contributed by atoms with E-state index < -0.39 is 4.92 Å². The van der Waals surface area contributed by atoms with Crippen LogP contribution in [0.5, 0.6) is 17.2 Å². The molecular formula is C19H22N2O6. The molecule has 0 spiro atoms. The van der Waals surface area contributed by atoms with Gasteiger partial charge in [-0.3, -0.25) is 14.9 Å². The van der Waals surface area contributed by atoms with Crippen molar-refractivity contribution in [1.82, 2.24) is 4.90 Å². The van der Waals surface area contributed by atoms with Gasteiger partial charge in [-0.25, -0.2) is 0 Å². The highest BCUT2D eigenvalue weighted by atomic mass is 16.6. The Bertz CT molecular complexity index is 837. The van der Waals surface area contributed by atoms with Crippen molar-refractivity contribution in [3.05, 3.63) is 57.6 Å². The van der Waals surface area contributed by atoms with Gasteiger partial charge in [0, 0.05) is 19.7 Å². The van der Waals surface area contributed by atoms with Crippen LogP contribution in [0.1, 0.15) is 11.1 Å². The normalized spacial score (nSPS) is 10.2. The first-order chi connectivity index (χ1) is 12.9. The van der Waals surface area contributed by atoms with Gasteiger partial charge < -0.3 is 19.1 Å². The van der Waals surface area contributed by atoms with Gasteiger partial charge in [0.15, 0.2) is 17.2 Å². The third-order valence-corrected chi connectivity index (χ3v) is 4.09. The summed E-state index contributed by atoms with van der Waals surface area (Å²) in [7, 11) is 6.17. The maximum absolute atomic E-state index is 12.5. The summed E-state index contributed by atoms with van der Waals surface area (Å²) < 4.78 is 15.5. The lowest BCUT2D eigenvalue weighted by atomic mass is 10.1. The van der Waals surface area contributed by atoms with Gasteiger partial charge in [-0.1, -0.05) is 12.1 Å². The van der Waals surface area contributed by atoms with Gasteiger partial charge >= 0.3 is 5.69 Å². The van der Waals surface area contributed by atoms with Crippen LogP contribution in [0.25, 0.3) is 0 Å². The Labute approximate surface area is 157 Å². The Kier molecular flexibility index (Phi) is 6.59. The lowest BCUT2D eigenvalue weighted by Gasteiger charge is -2.18. The van der Waals surface area contributed by atoms with Crippen molar-refractivity contribution in [3.8, 4) is 17.2 Å². The summed E-state index contributed by atoms with van der Waals surface area (Å²) in [5.41, 5.74) is 1.40. The molecule has 0 N–H and O–H groups in total. The molecule has 0 aliphatic carbocycles. The van der Waals surface area contributed by atoms with Crippen molar-refractivity contribution >= 4 is 11.6 Å². The minimum Gasteiger partial charge on any atom is -0.493 e. The quantitative estimate of drug-likeness (QED) is 0.521. The molecule has 0 bridgehead atoms. The van der Waals surface area contributed by atoms with Crippen LogP contribution in [0.2, 0.25) is 0 Å². The van der Waals surface area contributed by atoms with Crippen LogP contribution in [0.15, 0.2) is 36.4 Å². The van der Waals surface area contributed by atoms with E-state index >= 15 is 0 Å². The van der Waals surface area contributed by atoms with Gasteiger partial charge in [0.1, 0.15) is 0 Å². The first kappa shape index (κ1) is 20.0. The van der Waals surface area contributed by atoms with E-state index in [-0.39, 0.29) is 23.8 Å². The second-order valence-electron chi connectivity index (χ2n) is 5.88. The molecule has 0 radical (unpaired) electrons. The molecule has 1 amide bonds. The maximum Gasteiger partial charge on any atom is 0.310 e. The first-order valence-electron chi connectivity index (χ1n) is 8.15. The summed E-state index contributed by atoms with van der Waals surface area (Å²) in [6, 6.07) is 9.88. The number of carbonyl (C=O) groups is 1. The van der Waals surface area contributed by atoms with Gasteiger partial charge in [-0.05, 0) is 29.3 Å². The van der Waals surface area contributed by atoms with E-state index in [0.717, 1.165) is 5.56 Å². The molecular weight excluding hydrogens is 352 g/mol. The zero-order valence-corrected chi connectivity index (χ0v) is 15.7. The lowest BCUT2D eigenvalue weighted by Crippen LogP contribution is -2.27. The summed E-state index contributed by atoms with van der Waals surface area (Å²) in [6.07, 6.45) is 0.109. The zero-order chi connectivity index (χ0) is 20.0. The molecule has 0 aliphatic heterocycles. The summed E-state index contributed by atoms with van der Waals surface area (Å²) in [5, 5.41) is 11.0. The Hall–Kier alpha value is -3.29. The number of hydrogen-bond donors (Lipinski definition) is 0. The van der Waals surface area contributed by atoms with Crippen LogP contribution >= 0.6 is 0 Å². The van der Waals surface area contributed by atoms with Crippen LogP contribution in [-0.4, -0.2) is 44.1 Å². The van der Waals surface area contributed by atoms with Gasteiger partial charge in [-0.15, -0.1) is 0 Å². The summed E-state index contributed by atoms with van der Waals surface area (Å²) in [6.45, 7) is 0.392. The van der Waals surface area contributed by atoms with E-state index in [2.05, 4.69) is 0 Å². The molecule has 27 heavy (non-hydrogen) atoms. The predicted octanol–water partition coefficient (Wildman–Crippen LogP) is 2.82. The number of carbonyl (C=O) groups excluding carboxylic acids is 1. The Morgan fingerprint density at radius 1 is 0.963 bits per heavy atom. The van der Waals surface area contributed by atoms with Crippen LogP contribution in [0, 0.1) is 10.1 Å². The summed E-state index contributed by atoms with van der Waals surface area (Å²) >= 11 is 0. The number of nitrogens with zero attached hydrogens (tertiary/aromatic N) is 2. The number of rotatable bonds is 8. The number of likely N-dealkylation sites (N-methyl/N-ethyl adjacent to an activating group) is 1. The minimum atomic E-state index is -0.520. The van der Waals surface area contributed by atoms with E-state index in [1.165, 1.54) is 19.2 Å². The lowest BCUT2D eigenvalue weighted by molar-refractivity contribution is -0.385. The molecule has 0 aliphatic rings. The fourth-order valence-electron chi connectivity index (χ4n) is 2.63. The van der Waals surface area contributed by atoms with Crippen molar-refractivity contribution in [2.24, 2.45) is 0 Å². The summed E-state index contributed by atoms with van der Waals surface area (Å²) in [4.78, 5) is 24.5. The molecule has 8 heteroatoms. The second-order valence-corrected chi connectivity index (χ2v) is 5.88. The van der Waals surface area contributed by atoms with E-state index in [9.17, 15) is 14.9 Å². The number of nitro groups is 1. The third-order valence-electron chi connectivity index (χ3n) is 4.09. The molecule has 0 aromatic heterocycles. The largest absolute Gasteiger partial charge is 0.493 e. The molecule has 2 aromatic carbocycles. The molecule has 0 heterocycles. The number of hydrogen-bond acceptors (Lipinski definition) is 6. The zero-order valence-electron chi connectivity index (χ0n) is 15.7. The molecule has 0 unspecified atom stereocenters. The Morgan fingerprint density at radius 3 is 2.15 bits per heavy atom. The molecule has 144 valence electrons. The van der Waals surface area contributed by atoms with Crippen LogP contribution in [0.3, 0.4) is 0 Å². The van der Waals surface area contributed by atoms with E-state index in [0.29, 0.717) is 23.6 Å². The fraction of sp³-hybridized carbons (Fsp3) is 0.316. The van der Waals surface area contributed by atoms with Crippen LogP contribution in [0.4, 0.5) is 5.69 Å². The average Bonchev–Trinajstić information content (AvgIpc) is 2.67. The third kappa shape index (κ3) is 4.87. The maximum atomic E-state index is 12.5. The SMILES string of the molecule is COc1ccc(CN(C)C(=O)Cc2ccc([N+](=O)[O-])c(OC)c2)cc1OC. The van der Waals surface area contributed by atoms with Crippen molar-refractivity contribution in [2.75, 3.05) is 28.4 Å². The summed E-state index contributed by atoms with van der Waals surface area (Å²) in [5.74, 6) is 1.22. The van der Waals surface area contributed by atoms with Crippen molar-refractivity contribution < 1.29 is 23.9 Å². The van der Waals surface area contributed by atoms with E-state index in [1.807, 2.05) is 12.1 Å². The van der Waals surface area contributed by atoms with E-state index in [4.69, 9.17) is 14.2 Å². The number of nitro benzene ring substituents is 1. The molecule has 0 saturated heterocycles. The topological polar surface area (TPSA) is 91.1 Å². The van der Waals surface area contributed by atoms with Gasteiger partial charge in [-0.2, -0.15) is 0 Å². The van der Waals surface area contributed by atoms with Gasteiger partial charge in [0.2, 0.25) is 5.91 Å². The van der Waals surface area contributed by atoms with Crippen molar-refractivity contribution in [1.29, 1.82) is 0 Å². The number of methoxy groups -OCH3 is 3. The van der Waals surface area contributed by atoms with Crippen LogP contribution < -0.4 is 14.2 Å². The van der Waals surface area contributed by atoms with Crippen molar-refractivity contribution in [2.45, 2.75) is 13.0 Å². The highest BCUT2D eigenvalue weighted by Gasteiger charge is 2.17. The van der Waals surface area contributed by atoms with Crippen LogP contribution in [-0.2, 0) is 17.8 Å². The smallest absolute Gasteiger partial charge is 0.310 e. The van der Waals surface area contributed by atoms with Crippen molar-refractivity contribution in [3.63, 3.8) is 0 Å². The molecule has 2 aromatic rings. The average molecular weight is 374 g/mol. The number of amides is 1. The fourth-order valence-corrected chi connectivity index (χ4v) is 2.63. The standard InChI is InChI=1S/C19H22N2O6/c1-20(12-14-6-8-16(25-2)18(10-14)27-4)19(22)11-13-5-7-15(21(23)24)17(9-13)26-3/h5-10H,11-12H2,1-4H3. The predicted molar refractivity (Wildman–Crippen MR) is 99.4 cm³/mol. The van der Waals surface area contributed by atoms with E-state index in [1.54, 1.807) is 38.3 Å². The molecule has 0 saturated carbocycles. The molecule has 2 rings (SSSR count). The monoisotopic (exact) mass is 374 g/mol. The molecule has 0 atom stereocenters. The second kappa shape index (κ2) is 8.88. The minimum absolute atomic E-state index is 0.109.